The number of likely N-dealkylation sites (tertiary alicyclic amines) is 1. The molecule has 1 saturated heterocycles. The molecular formula is C14H23N5O. The van der Waals surface area contributed by atoms with Gasteiger partial charge >= 0.3 is 0 Å². The molecule has 2 heterocycles. The molecule has 1 aromatic rings. The van der Waals surface area contributed by atoms with E-state index in [1.54, 1.807) is 18.3 Å². The van der Waals surface area contributed by atoms with Gasteiger partial charge in [0, 0.05) is 25.3 Å². The second-order valence-electron chi connectivity index (χ2n) is 5.16. The van der Waals surface area contributed by atoms with Crippen LogP contribution in [-0.4, -0.2) is 41.5 Å². The van der Waals surface area contributed by atoms with Crippen LogP contribution in [0.5, 0.6) is 0 Å². The molecule has 0 spiro atoms. The number of nitrogens with two attached hydrogens (primary N) is 1. The number of hydrogen-bond acceptors (Lipinski definition) is 5. The zero-order chi connectivity index (χ0) is 14.4. The van der Waals surface area contributed by atoms with E-state index in [1.807, 2.05) is 0 Å². The molecule has 0 atom stereocenters. The maximum Gasteiger partial charge on any atom is 0.270 e. The molecule has 4 N–H and O–H groups in total. The lowest BCUT2D eigenvalue weighted by atomic mass is 10.0. The molecule has 6 heteroatoms. The first-order chi connectivity index (χ1) is 9.72. The summed E-state index contributed by atoms with van der Waals surface area (Å²) in [6.07, 6.45) is 4.76. The first-order valence-electron chi connectivity index (χ1n) is 7.18. The monoisotopic (exact) mass is 277 g/mol. The van der Waals surface area contributed by atoms with Crippen LogP contribution >= 0.6 is 0 Å². The van der Waals surface area contributed by atoms with Crippen molar-refractivity contribution in [1.82, 2.24) is 15.2 Å². The third-order valence-electron chi connectivity index (χ3n) is 3.62. The highest BCUT2D eigenvalue weighted by molar-refractivity contribution is 5.93. The van der Waals surface area contributed by atoms with Gasteiger partial charge in [-0.3, -0.25) is 15.6 Å². The van der Waals surface area contributed by atoms with Crippen LogP contribution in [0.3, 0.4) is 0 Å². The Hall–Kier alpha value is -1.66. The Morgan fingerprint density at radius 3 is 2.90 bits per heavy atom. The van der Waals surface area contributed by atoms with Gasteiger partial charge in [-0.15, -0.1) is 0 Å². The molecule has 0 bridgehead atoms. The van der Waals surface area contributed by atoms with Crippen molar-refractivity contribution in [3.8, 4) is 0 Å². The number of aromatic nitrogens is 1. The van der Waals surface area contributed by atoms with Crippen molar-refractivity contribution in [2.45, 2.75) is 32.2 Å². The Morgan fingerprint density at radius 2 is 2.25 bits per heavy atom. The topological polar surface area (TPSA) is 83.3 Å². The number of hydrazine groups is 1. The SMILES string of the molecule is CCCN1CCC(NC(=O)c2cc(NN)ccn2)CC1. The number of pyridine rings is 1. The lowest BCUT2D eigenvalue weighted by Gasteiger charge is -2.32. The van der Waals surface area contributed by atoms with Crippen molar-refractivity contribution < 1.29 is 4.79 Å². The summed E-state index contributed by atoms with van der Waals surface area (Å²) < 4.78 is 0. The van der Waals surface area contributed by atoms with E-state index in [9.17, 15) is 4.79 Å². The van der Waals surface area contributed by atoms with E-state index in [2.05, 4.69) is 27.6 Å². The van der Waals surface area contributed by atoms with Gasteiger partial charge in [0.25, 0.3) is 5.91 Å². The van der Waals surface area contributed by atoms with Crippen LogP contribution in [0.1, 0.15) is 36.7 Å². The van der Waals surface area contributed by atoms with Crippen LogP contribution in [0.25, 0.3) is 0 Å². The van der Waals surface area contributed by atoms with Gasteiger partial charge in [-0.2, -0.15) is 0 Å². The van der Waals surface area contributed by atoms with E-state index in [0.717, 1.165) is 32.5 Å². The molecule has 0 aliphatic carbocycles. The quantitative estimate of drug-likeness (QED) is 0.552. The minimum Gasteiger partial charge on any atom is -0.348 e. The highest BCUT2D eigenvalue weighted by Gasteiger charge is 2.21. The number of nitrogens with one attached hydrogen (secondary N) is 2. The summed E-state index contributed by atoms with van der Waals surface area (Å²) in [5, 5.41) is 3.05. The number of rotatable bonds is 5. The molecule has 1 fully saturated rings. The number of nitrogen functional groups attached to an aromatic ring is 1. The number of anilines is 1. The van der Waals surface area contributed by atoms with Crippen molar-refractivity contribution in [2.24, 2.45) is 5.84 Å². The highest BCUT2D eigenvalue weighted by Crippen LogP contribution is 2.12. The molecule has 1 aromatic heterocycles. The minimum atomic E-state index is -0.129. The number of amides is 1. The zero-order valence-electron chi connectivity index (χ0n) is 11.9. The molecule has 20 heavy (non-hydrogen) atoms. The molecule has 6 nitrogen and oxygen atoms in total. The van der Waals surface area contributed by atoms with Gasteiger partial charge in [-0.25, -0.2) is 0 Å². The second kappa shape index (κ2) is 7.21. The van der Waals surface area contributed by atoms with Crippen molar-refractivity contribution >= 4 is 11.6 Å². The number of carbonyl (C=O) groups excluding carboxylic acids is 1. The molecule has 0 saturated carbocycles. The van der Waals surface area contributed by atoms with Crippen LogP contribution in [0.15, 0.2) is 18.3 Å². The summed E-state index contributed by atoms with van der Waals surface area (Å²) in [4.78, 5) is 18.7. The first kappa shape index (κ1) is 14.7. The third-order valence-corrected chi connectivity index (χ3v) is 3.62. The first-order valence-corrected chi connectivity index (χ1v) is 7.18. The summed E-state index contributed by atoms with van der Waals surface area (Å²) in [6, 6.07) is 3.62. The van der Waals surface area contributed by atoms with Gasteiger partial charge in [-0.05, 0) is 37.9 Å². The molecule has 2 rings (SSSR count). The van der Waals surface area contributed by atoms with E-state index in [1.165, 1.54) is 6.42 Å². The summed E-state index contributed by atoms with van der Waals surface area (Å²) in [6.45, 7) is 5.44. The molecule has 0 radical (unpaired) electrons. The maximum absolute atomic E-state index is 12.1. The summed E-state index contributed by atoms with van der Waals surface area (Å²) in [7, 11) is 0. The van der Waals surface area contributed by atoms with Crippen molar-refractivity contribution in [2.75, 3.05) is 25.1 Å². The molecule has 1 aliphatic heterocycles. The van der Waals surface area contributed by atoms with Crippen LogP contribution in [0, 0.1) is 0 Å². The smallest absolute Gasteiger partial charge is 0.270 e. The normalized spacial score (nSPS) is 16.9. The van der Waals surface area contributed by atoms with Crippen molar-refractivity contribution in [1.29, 1.82) is 0 Å². The van der Waals surface area contributed by atoms with Gasteiger partial charge < -0.3 is 15.6 Å². The van der Waals surface area contributed by atoms with E-state index in [4.69, 9.17) is 5.84 Å². The maximum atomic E-state index is 12.1. The van der Waals surface area contributed by atoms with Gasteiger partial charge in [0.2, 0.25) is 0 Å². The molecular weight excluding hydrogens is 254 g/mol. The van der Waals surface area contributed by atoms with Gasteiger partial charge in [-0.1, -0.05) is 6.92 Å². The highest BCUT2D eigenvalue weighted by atomic mass is 16.1. The standard InChI is InChI=1S/C14H23N5O/c1-2-7-19-8-4-11(5-9-19)17-14(20)13-10-12(18-15)3-6-16-13/h3,6,10-11H,2,4-5,7-9,15H2,1H3,(H,16,18)(H,17,20). The fraction of sp³-hybridized carbons (Fsp3) is 0.571. The predicted octanol–water partition coefficient (Wildman–Crippen LogP) is 0.971. The number of carbonyl (C=O) groups is 1. The van der Waals surface area contributed by atoms with Crippen LogP contribution in [-0.2, 0) is 0 Å². The zero-order valence-corrected chi connectivity index (χ0v) is 11.9. The number of piperidine rings is 1. The van der Waals surface area contributed by atoms with Crippen LogP contribution in [0.2, 0.25) is 0 Å². The Labute approximate surface area is 119 Å². The lowest BCUT2D eigenvalue weighted by Crippen LogP contribution is -2.44. The van der Waals surface area contributed by atoms with E-state index >= 15 is 0 Å². The summed E-state index contributed by atoms with van der Waals surface area (Å²) in [5.74, 6) is 5.20. The molecule has 1 aliphatic rings. The Morgan fingerprint density at radius 1 is 1.50 bits per heavy atom. The average molecular weight is 277 g/mol. The average Bonchev–Trinajstić information content (AvgIpc) is 2.49. The molecule has 1 amide bonds. The summed E-state index contributed by atoms with van der Waals surface area (Å²) in [5.41, 5.74) is 3.60. The van der Waals surface area contributed by atoms with Crippen LogP contribution in [0.4, 0.5) is 5.69 Å². The number of nitrogens with zero attached hydrogens (tertiary/aromatic N) is 2. The lowest BCUT2D eigenvalue weighted by molar-refractivity contribution is 0.0906. The molecule has 110 valence electrons. The van der Waals surface area contributed by atoms with E-state index in [0.29, 0.717) is 11.4 Å². The third kappa shape index (κ3) is 3.91. The Kier molecular flexibility index (Phi) is 5.31. The van der Waals surface area contributed by atoms with Crippen LogP contribution < -0.4 is 16.6 Å². The van der Waals surface area contributed by atoms with Gasteiger partial charge in [0.05, 0.1) is 5.69 Å². The van der Waals surface area contributed by atoms with Crippen molar-refractivity contribution in [3.05, 3.63) is 24.0 Å². The van der Waals surface area contributed by atoms with E-state index in [-0.39, 0.29) is 11.9 Å². The van der Waals surface area contributed by atoms with Gasteiger partial charge in [0.15, 0.2) is 0 Å². The Balaban J connectivity index is 1.86. The predicted molar refractivity (Wildman–Crippen MR) is 79.3 cm³/mol. The van der Waals surface area contributed by atoms with Crippen molar-refractivity contribution in [3.63, 3.8) is 0 Å². The second-order valence-corrected chi connectivity index (χ2v) is 5.16. The van der Waals surface area contributed by atoms with Gasteiger partial charge in [0.1, 0.15) is 5.69 Å². The molecule has 0 aromatic carbocycles. The Bertz CT molecular complexity index is 443. The summed E-state index contributed by atoms with van der Waals surface area (Å²) >= 11 is 0. The fourth-order valence-electron chi connectivity index (χ4n) is 2.52. The fourth-order valence-corrected chi connectivity index (χ4v) is 2.52. The number of hydrogen-bond donors (Lipinski definition) is 3. The minimum absolute atomic E-state index is 0.129. The molecule has 0 unspecified atom stereocenters. The van der Waals surface area contributed by atoms with E-state index < -0.39 is 0 Å². The largest absolute Gasteiger partial charge is 0.348 e.